The lowest BCUT2D eigenvalue weighted by Crippen LogP contribution is -2.34. The van der Waals surface area contributed by atoms with Crippen molar-refractivity contribution in [1.29, 1.82) is 0 Å². The summed E-state index contributed by atoms with van der Waals surface area (Å²) in [6.07, 6.45) is 3.39. The molecule has 0 aliphatic heterocycles. The molecular formula is C15H24BFO3. The highest BCUT2D eigenvalue weighted by Gasteiger charge is 2.16. The average molecular weight is 282 g/mol. The third-order valence-electron chi connectivity index (χ3n) is 3.12. The van der Waals surface area contributed by atoms with Gasteiger partial charge >= 0.3 is 6.92 Å². The maximum atomic E-state index is 13.3. The molecule has 0 bridgehead atoms. The van der Waals surface area contributed by atoms with Gasteiger partial charge in [-0.1, -0.05) is 32.7 Å². The van der Waals surface area contributed by atoms with Gasteiger partial charge in [0.2, 0.25) is 0 Å². The van der Waals surface area contributed by atoms with Gasteiger partial charge in [0, 0.05) is 13.7 Å². The number of rotatable bonds is 10. The second-order valence-corrected chi connectivity index (χ2v) is 4.82. The fraction of sp³-hybridized carbons (Fsp3) is 0.600. The number of halogens is 1. The molecule has 0 aliphatic rings. The molecule has 0 atom stereocenters. The first-order valence-corrected chi connectivity index (χ1v) is 7.15. The minimum Gasteiger partial charge on any atom is -0.431 e. The highest BCUT2D eigenvalue weighted by atomic mass is 19.1. The predicted octanol–water partition coefficient (Wildman–Crippen LogP) is 2.98. The molecule has 0 saturated heterocycles. The fourth-order valence-corrected chi connectivity index (χ4v) is 2.03. The Morgan fingerprint density at radius 2 is 2.05 bits per heavy atom. The second kappa shape index (κ2) is 9.91. The molecule has 0 fully saturated rings. The van der Waals surface area contributed by atoms with Gasteiger partial charge in [-0.25, -0.2) is 4.39 Å². The minimum absolute atomic E-state index is 0.0615. The van der Waals surface area contributed by atoms with E-state index in [0.717, 1.165) is 24.1 Å². The summed E-state index contributed by atoms with van der Waals surface area (Å²) in [5, 5.41) is 0. The molecule has 0 aromatic heterocycles. The van der Waals surface area contributed by atoms with E-state index < -0.39 is 0 Å². The smallest absolute Gasteiger partial charge is 0.323 e. The summed E-state index contributed by atoms with van der Waals surface area (Å²) in [6, 6.07) is 4.73. The molecule has 1 rings (SSSR count). The normalized spacial score (nSPS) is 10.8. The summed E-state index contributed by atoms with van der Waals surface area (Å²) in [7, 11) is 1.56. The molecule has 0 saturated carbocycles. The van der Waals surface area contributed by atoms with Gasteiger partial charge in [-0.3, -0.25) is 0 Å². The molecule has 5 heteroatoms. The highest BCUT2D eigenvalue weighted by molar-refractivity contribution is 6.66. The van der Waals surface area contributed by atoms with E-state index in [4.69, 9.17) is 14.1 Å². The summed E-state index contributed by atoms with van der Waals surface area (Å²) in [6.45, 7) is 5.33. The Hall–Kier alpha value is -0.905. The SMILES string of the molecule is CCCCCOB(C)c1ccc(F)cc1COCOC. The van der Waals surface area contributed by atoms with Gasteiger partial charge in [0.05, 0.1) is 6.61 Å². The molecule has 0 spiro atoms. The number of methoxy groups -OCH3 is 1. The lowest BCUT2D eigenvalue weighted by Gasteiger charge is -2.15. The summed E-state index contributed by atoms with van der Waals surface area (Å²) in [4.78, 5) is 0. The van der Waals surface area contributed by atoms with Crippen LogP contribution in [0.2, 0.25) is 6.82 Å². The van der Waals surface area contributed by atoms with E-state index in [1.807, 2.05) is 6.82 Å². The van der Waals surface area contributed by atoms with Crippen LogP contribution in [0.5, 0.6) is 0 Å². The monoisotopic (exact) mass is 282 g/mol. The average Bonchev–Trinajstić information content (AvgIpc) is 2.44. The first-order chi connectivity index (χ1) is 9.69. The van der Waals surface area contributed by atoms with Crippen LogP contribution in [0.25, 0.3) is 0 Å². The Labute approximate surface area is 121 Å². The van der Waals surface area contributed by atoms with Gasteiger partial charge in [0.1, 0.15) is 12.6 Å². The maximum absolute atomic E-state index is 13.3. The second-order valence-electron chi connectivity index (χ2n) is 4.82. The van der Waals surface area contributed by atoms with Gasteiger partial charge in [0.15, 0.2) is 0 Å². The van der Waals surface area contributed by atoms with E-state index in [2.05, 4.69) is 6.92 Å². The number of ether oxygens (including phenoxy) is 2. The molecule has 112 valence electrons. The molecule has 0 unspecified atom stereocenters. The summed E-state index contributed by atoms with van der Waals surface area (Å²) >= 11 is 0. The predicted molar refractivity (Wildman–Crippen MR) is 79.8 cm³/mol. The van der Waals surface area contributed by atoms with Crippen molar-refractivity contribution < 1.29 is 18.5 Å². The molecule has 1 aromatic rings. The quantitative estimate of drug-likeness (QED) is 0.375. The Kier molecular flexibility index (Phi) is 8.50. The first-order valence-electron chi connectivity index (χ1n) is 7.15. The maximum Gasteiger partial charge on any atom is 0.323 e. The van der Waals surface area contributed by atoms with Crippen LogP contribution in [0.15, 0.2) is 18.2 Å². The zero-order valence-electron chi connectivity index (χ0n) is 12.7. The number of benzene rings is 1. The van der Waals surface area contributed by atoms with Gasteiger partial charge in [-0.05, 0) is 29.6 Å². The van der Waals surface area contributed by atoms with Crippen molar-refractivity contribution in [3.8, 4) is 0 Å². The third-order valence-corrected chi connectivity index (χ3v) is 3.12. The van der Waals surface area contributed by atoms with Crippen molar-refractivity contribution in [2.75, 3.05) is 20.5 Å². The number of unbranched alkanes of at least 4 members (excludes halogenated alkanes) is 2. The number of hydrogen-bond donors (Lipinski definition) is 0. The number of hydrogen-bond acceptors (Lipinski definition) is 3. The van der Waals surface area contributed by atoms with E-state index in [-0.39, 0.29) is 19.5 Å². The van der Waals surface area contributed by atoms with Gasteiger partial charge < -0.3 is 14.1 Å². The van der Waals surface area contributed by atoms with Crippen molar-refractivity contribution in [1.82, 2.24) is 0 Å². The molecule has 1 aromatic carbocycles. The molecule has 3 nitrogen and oxygen atoms in total. The fourth-order valence-electron chi connectivity index (χ4n) is 2.03. The molecule has 0 aliphatic carbocycles. The van der Waals surface area contributed by atoms with Crippen LogP contribution in [0, 0.1) is 5.82 Å². The van der Waals surface area contributed by atoms with E-state index in [1.54, 1.807) is 13.2 Å². The van der Waals surface area contributed by atoms with Crippen LogP contribution in [0.1, 0.15) is 31.7 Å². The van der Waals surface area contributed by atoms with Crippen molar-refractivity contribution >= 4 is 12.4 Å². The van der Waals surface area contributed by atoms with Crippen molar-refractivity contribution in [3.05, 3.63) is 29.6 Å². The van der Waals surface area contributed by atoms with Crippen LogP contribution < -0.4 is 5.46 Å². The van der Waals surface area contributed by atoms with Crippen molar-refractivity contribution in [2.24, 2.45) is 0 Å². The first kappa shape index (κ1) is 17.1. The third kappa shape index (κ3) is 6.03. The highest BCUT2D eigenvalue weighted by Crippen LogP contribution is 2.06. The topological polar surface area (TPSA) is 27.7 Å². The lowest BCUT2D eigenvalue weighted by molar-refractivity contribution is -0.0389. The van der Waals surface area contributed by atoms with E-state index in [1.165, 1.54) is 25.0 Å². The van der Waals surface area contributed by atoms with Crippen LogP contribution in [-0.2, 0) is 20.7 Å². The van der Waals surface area contributed by atoms with Crippen molar-refractivity contribution in [2.45, 2.75) is 39.6 Å². The van der Waals surface area contributed by atoms with Gasteiger partial charge in [-0.15, -0.1) is 0 Å². The molecule has 0 heterocycles. The lowest BCUT2D eigenvalue weighted by atomic mass is 9.62. The largest absolute Gasteiger partial charge is 0.431 e. The zero-order valence-corrected chi connectivity index (χ0v) is 12.7. The van der Waals surface area contributed by atoms with E-state index >= 15 is 0 Å². The summed E-state index contributed by atoms with van der Waals surface area (Å²) in [5.41, 5.74) is 1.78. The van der Waals surface area contributed by atoms with E-state index in [0.29, 0.717) is 6.61 Å². The molecular weight excluding hydrogens is 258 g/mol. The Morgan fingerprint density at radius 3 is 2.75 bits per heavy atom. The van der Waals surface area contributed by atoms with Crippen LogP contribution in [-0.4, -0.2) is 27.4 Å². The van der Waals surface area contributed by atoms with Gasteiger partial charge in [0.25, 0.3) is 0 Å². The van der Waals surface area contributed by atoms with Crippen molar-refractivity contribution in [3.63, 3.8) is 0 Å². The molecule has 20 heavy (non-hydrogen) atoms. The van der Waals surface area contributed by atoms with Crippen LogP contribution in [0.3, 0.4) is 0 Å². The zero-order chi connectivity index (χ0) is 14.8. The molecule has 0 N–H and O–H groups in total. The summed E-state index contributed by atoms with van der Waals surface area (Å²) in [5.74, 6) is -0.261. The van der Waals surface area contributed by atoms with Gasteiger partial charge in [-0.2, -0.15) is 0 Å². The Bertz CT molecular complexity index is 387. The Morgan fingerprint density at radius 1 is 1.25 bits per heavy atom. The van der Waals surface area contributed by atoms with E-state index in [9.17, 15) is 4.39 Å². The standard InChI is InChI=1S/C15H24BFO3/c1-4-5-6-9-20-16(2)15-8-7-14(17)10-13(15)11-19-12-18-3/h7-8,10H,4-6,9,11-12H2,1-3H3. The molecule has 0 amide bonds. The minimum atomic E-state index is -0.261. The summed E-state index contributed by atoms with van der Waals surface area (Å²) < 4.78 is 29.3. The molecule has 0 radical (unpaired) electrons. The van der Waals surface area contributed by atoms with Crippen LogP contribution in [0.4, 0.5) is 4.39 Å². The Balaban J connectivity index is 2.61. The van der Waals surface area contributed by atoms with Crippen LogP contribution >= 0.6 is 0 Å².